The van der Waals surface area contributed by atoms with E-state index in [0.717, 1.165) is 12.3 Å². The van der Waals surface area contributed by atoms with Crippen LogP contribution in [-0.4, -0.2) is 60.7 Å². The zero-order valence-corrected chi connectivity index (χ0v) is 17.2. The number of carbonyl (C=O) groups is 2. The van der Waals surface area contributed by atoms with E-state index in [2.05, 4.69) is 10.3 Å². The van der Waals surface area contributed by atoms with E-state index in [0.29, 0.717) is 26.2 Å². The lowest BCUT2D eigenvalue weighted by molar-refractivity contribution is -0.138. The largest absolute Gasteiger partial charge is 0.450 e. The molecule has 1 aromatic rings. The minimum atomic E-state index is -4.52. The first kappa shape index (κ1) is 23.1. The second kappa shape index (κ2) is 9.51. The number of hydrogen-bond acceptors (Lipinski definition) is 5. The van der Waals surface area contributed by atoms with Crippen LogP contribution in [0.25, 0.3) is 0 Å². The Bertz CT molecular complexity index is 738. The van der Waals surface area contributed by atoms with Gasteiger partial charge >= 0.3 is 12.3 Å². The summed E-state index contributed by atoms with van der Waals surface area (Å²) in [6.45, 7) is 6.86. The molecule has 1 fully saturated rings. The Morgan fingerprint density at radius 2 is 1.90 bits per heavy atom. The number of halogens is 4. The van der Waals surface area contributed by atoms with Crippen molar-refractivity contribution in [1.29, 1.82) is 0 Å². The summed E-state index contributed by atoms with van der Waals surface area (Å²) >= 11 is 6.00. The van der Waals surface area contributed by atoms with Gasteiger partial charge < -0.3 is 19.9 Å². The summed E-state index contributed by atoms with van der Waals surface area (Å²) in [4.78, 5) is 31.7. The standard InChI is InChI=1S/C18H24ClF3N4O3/c1-4-29-17(28)24-14(11(2)3)16(27)26-7-5-25(6-8-26)15-13(19)9-12(10-23-15)18(20,21)22/h9-11,14H,4-8H2,1-3H3,(H,24,28). The van der Waals surface area contributed by atoms with Gasteiger partial charge in [-0.2, -0.15) is 13.2 Å². The highest BCUT2D eigenvalue weighted by Gasteiger charge is 2.34. The van der Waals surface area contributed by atoms with Crippen molar-refractivity contribution in [1.82, 2.24) is 15.2 Å². The molecule has 1 aliphatic rings. The van der Waals surface area contributed by atoms with Gasteiger partial charge in [-0.15, -0.1) is 0 Å². The van der Waals surface area contributed by atoms with Gasteiger partial charge in [-0.05, 0) is 18.9 Å². The topological polar surface area (TPSA) is 74.8 Å². The van der Waals surface area contributed by atoms with Crippen molar-refractivity contribution in [2.45, 2.75) is 33.0 Å². The highest BCUT2D eigenvalue weighted by atomic mass is 35.5. The second-order valence-electron chi connectivity index (χ2n) is 6.93. The Morgan fingerprint density at radius 3 is 2.38 bits per heavy atom. The summed E-state index contributed by atoms with van der Waals surface area (Å²) in [5, 5.41) is 2.49. The Hall–Kier alpha value is -2.23. The number of alkyl carbamates (subject to hydrolysis) is 1. The molecule has 0 radical (unpaired) electrons. The fraction of sp³-hybridized carbons (Fsp3) is 0.611. The average Bonchev–Trinajstić information content (AvgIpc) is 2.65. The summed E-state index contributed by atoms with van der Waals surface area (Å²) in [6.07, 6.45) is -4.42. The van der Waals surface area contributed by atoms with Crippen molar-refractivity contribution < 1.29 is 27.5 Å². The number of rotatable bonds is 5. The molecule has 0 aromatic carbocycles. The van der Waals surface area contributed by atoms with Crippen LogP contribution in [0.15, 0.2) is 12.3 Å². The molecule has 1 unspecified atom stereocenters. The number of piperazine rings is 1. The van der Waals surface area contributed by atoms with Crippen molar-refractivity contribution in [3.63, 3.8) is 0 Å². The third-order valence-electron chi connectivity index (χ3n) is 4.52. The van der Waals surface area contributed by atoms with Gasteiger partial charge in [0.15, 0.2) is 0 Å². The molecule has 0 saturated carbocycles. The summed E-state index contributed by atoms with van der Waals surface area (Å²) in [6, 6.07) is 0.118. The molecule has 0 bridgehead atoms. The highest BCUT2D eigenvalue weighted by Crippen LogP contribution is 2.33. The molecular formula is C18H24ClF3N4O3. The molecule has 1 saturated heterocycles. The molecule has 29 heavy (non-hydrogen) atoms. The van der Waals surface area contributed by atoms with Crippen LogP contribution >= 0.6 is 11.6 Å². The predicted molar refractivity (Wildman–Crippen MR) is 102 cm³/mol. The molecule has 2 amide bonds. The predicted octanol–water partition coefficient (Wildman–Crippen LogP) is 3.17. The third-order valence-corrected chi connectivity index (χ3v) is 4.80. The lowest BCUT2D eigenvalue weighted by atomic mass is 10.0. The van der Waals surface area contributed by atoms with Crippen LogP contribution in [0, 0.1) is 5.92 Å². The number of aromatic nitrogens is 1. The van der Waals surface area contributed by atoms with Crippen LogP contribution in [0.4, 0.5) is 23.8 Å². The van der Waals surface area contributed by atoms with Gasteiger partial charge in [0.2, 0.25) is 5.91 Å². The van der Waals surface area contributed by atoms with Gasteiger partial charge in [0.1, 0.15) is 11.9 Å². The van der Waals surface area contributed by atoms with E-state index in [1.165, 1.54) is 0 Å². The zero-order chi connectivity index (χ0) is 21.8. The van der Waals surface area contributed by atoms with E-state index in [9.17, 15) is 22.8 Å². The van der Waals surface area contributed by atoms with E-state index < -0.39 is 23.9 Å². The second-order valence-corrected chi connectivity index (χ2v) is 7.33. The molecule has 1 aliphatic heterocycles. The van der Waals surface area contributed by atoms with Gasteiger partial charge in [0.05, 0.1) is 17.2 Å². The smallest absolute Gasteiger partial charge is 0.417 e. The van der Waals surface area contributed by atoms with Gasteiger partial charge in [-0.3, -0.25) is 4.79 Å². The monoisotopic (exact) mass is 436 g/mol. The van der Waals surface area contributed by atoms with Crippen molar-refractivity contribution >= 4 is 29.4 Å². The van der Waals surface area contributed by atoms with E-state index in [1.54, 1.807) is 16.7 Å². The molecule has 1 N–H and O–H groups in total. The number of nitrogens with one attached hydrogen (secondary N) is 1. The minimum absolute atomic E-state index is 0.0939. The number of anilines is 1. The molecular weight excluding hydrogens is 413 g/mol. The van der Waals surface area contributed by atoms with Gasteiger partial charge in [-0.25, -0.2) is 9.78 Å². The van der Waals surface area contributed by atoms with Crippen LogP contribution in [0.1, 0.15) is 26.3 Å². The lowest BCUT2D eigenvalue weighted by Crippen LogP contribution is -2.56. The summed E-state index contributed by atoms with van der Waals surface area (Å²) in [5.41, 5.74) is -0.912. The van der Waals surface area contributed by atoms with E-state index in [-0.39, 0.29) is 29.3 Å². The summed E-state index contributed by atoms with van der Waals surface area (Å²) < 4.78 is 43.1. The fourth-order valence-corrected chi connectivity index (χ4v) is 3.25. The van der Waals surface area contributed by atoms with Crippen LogP contribution in [0.3, 0.4) is 0 Å². The quantitative estimate of drug-likeness (QED) is 0.767. The van der Waals surface area contributed by atoms with Gasteiger partial charge in [0, 0.05) is 32.4 Å². The van der Waals surface area contributed by atoms with Crippen molar-refractivity contribution in [2.24, 2.45) is 5.92 Å². The maximum Gasteiger partial charge on any atom is 0.417 e. The van der Waals surface area contributed by atoms with Crippen LogP contribution in [0.2, 0.25) is 5.02 Å². The number of pyridine rings is 1. The summed E-state index contributed by atoms with van der Waals surface area (Å²) in [5.74, 6) is -0.132. The van der Waals surface area contributed by atoms with Gasteiger partial charge in [0.25, 0.3) is 0 Å². The number of ether oxygens (including phenoxy) is 1. The Morgan fingerprint density at radius 1 is 1.28 bits per heavy atom. The van der Waals surface area contributed by atoms with E-state index >= 15 is 0 Å². The first-order chi connectivity index (χ1) is 13.5. The first-order valence-corrected chi connectivity index (χ1v) is 9.62. The molecule has 2 heterocycles. The number of nitrogens with zero attached hydrogens (tertiary/aromatic N) is 3. The SMILES string of the molecule is CCOC(=O)NC(C(=O)N1CCN(c2ncc(C(F)(F)F)cc2Cl)CC1)C(C)C. The average molecular weight is 437 g/mol. The van der Waals surface area contributed by atoms with E-state index in [4.69, 9.17) is 16.3 Å². The van der Waals surface area contributed by atoms with E-state index in [1.807, 2.05) is 13.8 Å². The minimum Gasteiger partial charge on any atom is -0.450 e. The van der Waals surface area contributed by atoms with Crippen molar-refractivity contribution in [3.8, 4) is 0 Å². The molecule has 7 nitrogen and oxygen atoms in total. The van der Waals surface area contributed by atoms with Crippen LogP contribution in [-0.2, 0) is 15.7 Å². The maximum absolute atomic E-state index is 12.8. The highest BCUT2D eigenvalue weighted by molar-refractivity contribution is 6.33. The van der Waals surface area contributed by atoms with Gasteiger partial charge in [-0.1, -0.05) is 25.4 Å². The normalized spacial score (nSPS) is 16.0. The number of carbonyl (C=O) groups excluding carboxylic acids is 2. The summed E-state index contributed by atoms with van der Waals surface area (Å²) in [7, 11) is 0. The first-order valence-electron chi connectivity index (χ1n) is 9.24. The fourth-order valence-electron chi connectivity index (χ4n) is 2.97. The number of hydrogen-bond donors (Lipinski definition) is 1. The Balaban J connectivity index is 2.02. The molecule has 1 atom stereocenters. The molecule has 162 valence electrons. The van der Waals surface area contributed by atoms with Crippen molar-refractivity contribution in [2.75, 3.05) is 37.7 Å². The zero-order valence-electron chi connectivity index (χ0n) is 16.4. The molecule has 2 rings (SSSR count). The third kappa shape index (κ3) is 5.88. The Labute approximate surface area is 172 Å². The number of alkyl halides is 3. The number of amides is 2. The lowest BCUT2D eigenvalue weighted by Gasteiger charge is -2.38. The maximum atomic E-state index is 12.8. The molecule has 0 spiro atoms. The molecule has 1 aromatic heterocycles. The molecule has 11 heteroatoms. The van der Waals surface area contributed by atoms with Crippen LogP contribution < -0.4 is 10.2 Å². The molecule has 0 aliphatic carbocycles. The van der Waals surface area contributed by atoms with Crippen LogP contribution in [0.5, 0.6) is 0 Å². The Kier molecular flexibility index (Phi) is 7.56. The van der Waals surface area contributed by atoms with Crippen molar-refractivity contribution in [3.05, 3.63) is 22.8 Å².